The van der Waals surface area contributed by atoms with Crippen LogP contribution in [0.2, 0.25) is 0 Å². The molecule has 1 heterocycles. The Morgan fingerprint density at radius 1 is 1.36 bits per heavy atom. The minimum Gasteiger partial charge on any atom is -0.388 e. The lowest BCUT2D eigenvalue weighted by Gasteiger charge is -2.06. The number of tetrazole rings is 1. The van der Waals surface area contributed by atoms with Gasteiger partial charge in [-0.15, -0.1) is 5.10 Å². The van der Waals surface area contributed by atoms with Crippen LogP contribution in [0.15, 0.2) is 24.5 Å². The van der Waals surface area contributed by atoms with E-state index in [9.17, 15) is 0 Å². The first-order valence-corrected chi connectivity index (χ1v) is 4.33. The van der Waals surface area contributed by atoms with Crippen LogP contribution in [-0.4, -0.2) is 27.3 Å². The lowest BCUT2D eigenvalue weighted by Crippen LogP contribution is -1.99. The fourth-order valence-corrected chi connectivity index (χ4v) is 1.28. The van der Waals surface area contributed by atoms with Crippen LogP contribution in [0.1, 0.15) is 5.56 Å². The second-order valence-electron chi connectivity index (χ2n) is 3.01. The highest BCUT2D eigenvalue weighted by Crippen LogP contribution is 2.17. The number of aromatic nitrogens is 4. The van der Waals surface area contributed by atoms with Gasteiger partial charge in [0.1, 0.15) is 6.33 Å². The molecule has 72 valence electrons. The van der Waals surface area contributed by atoms with Crippen LogP contribution in [0.5, 0.6) is 0 Å². The maximum Gasteiger partial charge on any atom is 0.143 e. The highest BCUT2D eigenvalue weighted by molar-refractivity contribution is 5.54. The molecule has 2 rings (SSSR count). The molecular formula is C9H11N5. The van der Waals surface area contributed by atoms with Gasteiger partial charge in [-0.05, 0) is 35.0 Å². The van der Waals surface area contributed by atoms with E-state index >= 15 is 0 Å². The molecule has 0 aliphatic carbocycles. The van der Waals surface area contributed by atoms with Crippen LogP contribution in [-0.2, 0) is 0 Å². The molecule has 1 N–H and O–H groups in total. The summed E-state index contributed by atoms with van der Waals surface area (Å²) >= 11 is 0. The van der Waals surface area contributed by atoms with E-state index in [1.807, 2.05) is 32.2 Å². The molecule has 5 heteroatoms. The summed E-state index contributed by atoms with van der Waals surface area (Å²) in [6, 6.07) is 6.05. The molecule has 1 aromatic carbocycles. The van der Waals surface area contributed by atoms with Gasteiger partial charge in [-0.3, -0.25) is 0 Å². The molecule has 5 nitrogen and oxygen atoms in total. The number of hydrogen-bond donors (Lipinski definition) is 1. The summed E-state index contributed by atoms with van der Waals surface area (Å²) in [7, 11) is 1.88. The molecule has 0 aliphatic rings. The van der Waals surface area contributed by atoms with Crippen molar-refractivity contribution < 1.29 is 0 Å². The van der Waals surface area contributed by atoms with E-state index in [2.05, 4.69) is 20.8 Å². The number of benzene rings is 1. The standard InChI is InChI=1S/C9H11N5/c1-7-3-4-8(10-2)5-9(7)14-6-11-12-13-14/h3-6,10H,1-2H3. The monoisotopic (exact) mass is 189 g/mol. The first-order valence-electron chi connectivity index (χ1n) is 4.33. The molecular weight excluding hydrogens is 178 g/mol. The van der Waals surface area contributed by atoms with Crippen LogP contribution >= 0.6 is 0 Å². The molecule has 0 spiro atoms. The highest BCUT2D eigenvalue weighted by Gasteiger charge is 2.02. The van der Waals surface area contributed by atoms with Gasteiger partial charge in [-0.25, -0.2) is 4.68 Å². The Labute approximate surface area is 81.8 Å². The smallest absolute Gasteiger partial charge is 0.143 e. The van der Waals surface area contributed by atoms with E-state index in [1.165, 1.54) is 0 Å². The summed E-state index contributed by atoms with van der Waals surface area (Å²) in [4.78, 5) is 0. The Hall–Kier alpha value is -1.91. The summed E-state index contributed by atoms with van der Waals surface area (Å²) in [5.74, 6) is 0. The third-order valence-corrected chi connectivity index (χ3v) is 2.09. The van der Waals surface area contributed by atoms with E-state index in [4.69, 9.17) is 0 Å². The van der Waals surface area contributed by atoms with Crippen molar-refractivity contribution in [2.75, 3.05) is 12.4 Å². The summed E-state index contributed by atoms with van der Waals surface area (Å²) in [5.41, 5.74) is 3.17. The van der Waals surface area contributed by atoms with Gasteiger partial charge in [-0.1, -0.05) is 6.07 Å². The zero-order valence-corrected chi connectivity index (χ0v) is 8.10. The molecule has 0 saturated carbocycles. The first-order chi connectivity index (χ1) is 6.81. The molecule has 0 unspecified atom stereocenters. The number of anilines is 1. The van der Waals surface area contributed by atoms with Gasteiger partial charge in [0.25, 0.3) is 0 Å². The van der Waals surface area contributed by atoms with Gasteiger partial charge >= 0.3 is 0 Å². The number of rotatable bonds is 2. The molecule has 0 aliphatic heterocycles. The molecule has 0 saturated heterocycles. The largest absolute Gasteiger partial charge is 0.388 e. The van der Waals surface area contributed by atoms with Gasteiger partial charge in [0, 0.05) is 12.7 Å². The van der Waals surface area contributed by atoms with Crippen molar-refractivity contribution in [1.29, 1.82) is 0 Å². The molecule has 14 heavy (non-hydrogen) atoms. The molecule has 0 fully saturated rings. The first kappa shape index (κ1) is 8.68. The van der Waals surface area contributed by atoms with E-state index < -0.39 is 0 Å². The summed E-state index contributed by atoms with van der Waals surface area (Å²) < 4.78 is 1.65. The third kappa shape index (κ3) is 1.44. The molecule has 0 amide bonds. The van der Waals surface area contributed by atoms with E-state index in [-0.39, 0.29) is 0 Å². The van der Waals surface area contributed by atoms with Crippen molar-refractivity contribution in [3.05, 3.63) is 30.1 Å². The van der Waals surface area contributed by atoms with Gasteiger partial charge in [-0.2, -0.15) is 0 Å². The van der Waals surface area contributed by atoms with E-state index in [0.29, 0.717) is 0 Å². The van der Waals surface area contributed by atoms with Crippen LogP contribution in [0.25, 0.3) is 5.69 Å². The van der Waals surface area contributed by atoms with Crippen molar-refractivity contribution in [2.45, 2.75) is 6.92 Å². The third-order valence-electron chi connectivity index (χ3n) is 2.09. The topological polar surface area (TPSA) is 55.6 Å². The van der Waals surface area contributed by atoms with Crippen LogP contribution in [0, 0.1) is 6.92 Å². The molecule has 0 radical (unpaired) electrons. The quantitative estimate of drug-likeness (QED) is 0.766. The average molecular weight is 189 g/mol. The Morgan fingerprint density at radius 3 is 2.86 bits per heavy atom. The Kier molecular flexibility index (Phi) is 2.14. The lowest BCUT2D eigenvalue weighted by molar-refractivity contribution is 0.785. The van der Waals surface area contributed by atoms with Crippen molar-refractivity contribution in [3.63, 3.8) is 0 Å². The van der Waals surface area contributed by atoms with Crippen molar-refractivity contribution >= 4 is 5.69 Å². The molecule has 1 aromatic heterocycles. The van der Waals surface area contributed by atoms with Gasteiger partial charge in [0.2, 0.25) is 0 Å². The number of aryl methyl sites for hydroxylation is 1. The van der Waals surface area contributed by atoms with E-state index in [1.54, 1.807) is 11.0 Å². The normalized spacial score (nSPS) is 10.1. The fraction of sp³-hybridized carbons (Fsp3) is 0.222. The van der Waals surface area contributed by atoms with Crippen molar-refractivity contribution in [1.82, 2.24) is 20.2 Å². The molecule has 0 atom stereocenters. The van der Waals surface area contributed by atoms with Gasteiger partial charge in [0.15, 0.2) is 0 Å². The predicted octanol–water partition coefficient (Wildman–Crippen LogP) is 1.01. The maximum atomic E-state index is 3.85. The van der Waals surface area contributed by atoms with Gasteiger partial charge < -0.3 is 5.32 Å². The fourth-order valence-electron chi connectivity index (χ4n) is 1.28. The van der Waals surface area contributed by atoms with Crippen molar-refractivity contribution in [2.24, 2.45) is 0 Å². The predicted molar refractivity (Wildman–Crippen MR) is 53.4 cm³/mol. The number of nitrogens with one attached hydrogen (secondary N) is 1. The SMILES string of the molecule is CNc1ccc(C)c(-n2cnnn2)c1. The highest BCUT2D eigenvalue weighted by atomic mass is 15.5. The Bertz CT molecular complexity index is 421. The maximum absolute atomic E-state index is 3.85. The van der Waals surface area contributed by atoms with Gasteiger partial charge in [0.05, 0.1) is 5.69 Å². The minimum absolute atomic E-state index is 0.988. The summed E-state index contributed by atoms with van der Waals surface area (Å²) in [5, 5.41) is 14.1. The number of hydrogen-bond acceptors (Lipinski definition) is 4. The van der Waals surface area contributed by atoms with Crippen molar-refractivity contribution in [3.8, 4) is 5.69 Å². The molecule has 2 aromatic rings. The minimum atomic E-state index is 0.988. The lowest BCUT2D eigenvalue weighted by atomic mass is 10.2. The second kappa shape index (κ2) is 3.45. The second-order valence-corrected chi connectivity index (χ2v) is 3.01. The Balaban J connectivity index is 2.51. The van der Waals surface area contributed by atoms with Crippen LogP contribution in [0.4, 0.5) is 5.69 Å². The number of nitrogens with zero attached hydrogens (tertiary/aromatic N) is 4. The summed E-state index contributed by atoms with van der Waals surface area (Å²) in [6.07, 6.45) is 1.59. The summed E-state index contributed by atoms with van der Waals surface area (Å²) in [6.45, 7) is 2.02. The Morgan fingerprint density at radius 2 is 2.21 bits per heavy atom. The zero-order chi connectivity index (χ0) is 9.97. The molecule has 0 bridgehead atoms. The van der Waals surface area contributed by atoms with Crippen LogP contribution < -0.4 is 5.32 Å². The van der Waals surface area contributed by atoms with Crippen LogP contribution in [0.3, 0.4) is 0 Å². The zero-order valence-electron chi connectivity index (χ0n) is 8.10. The average Bonchev–Trinajstić information content (AvgIpc) is 2.71. The van der Waals surface area contributed by atoms with E-state index in [0.717, 1.165) is 16.9 Å².